The molecule has 0 spiro atoms. The first-order chi connectivity index (χ1) is 9.70. The Bertz CT molecular complexity index is 598. The highest BCUT2D eigenvalue weighted by atomic mass is 16.5. The molecule has 1 aromatic heterocycles. The molecule has 20 heavy (non-hydrogen) atoms. The fourth-order valence-electron chi connectivity index (χ4n) is 2.96. The van der Waals surface area contributed by atoms with Crippen LogP contribution in [0.1, 0.15) is 12.8 Å². The highest BCUT2D eigenvalue weighted by molar-refractivity contribution is 6.57. The zero-order valence-corrected chi connectivity index (χ0v) is 11.5. The van der Waals surface area contributed by atoms with E-state index in [0.717, 1.165) is 30.5 Å². The topological polar surface area (TPSA) is 66.1 Å². The summed E-state index contributed by atoms with van der Waals surface area (Å²) in [6.45, 7) is 1.68. The summed E-state index contributed by atoms with van der Waals surface area (Å²) in [5.41, 5.74) is 1.92. The van der Waals surface area contributed by atoms with Crippen LogP contribution in [0.2, 0.25) is 0 Å². The molecular formula is C14H18BNO4. The van der Waals surface area contributed by atoms with Gasteiger partial charge in [-0.25, -0.2) is 0 Å². The minimum Gasteiger partial charge on any atom is -0.465 e. The Morgan fingerprint density at radius 1 is 1.45 bits per heavy atom. The average molecular weight is 275 g/mol. The first kappa shape index (κ1) is 13.5. The molecule has 0 unspecified atom stereocenters. The first-order valence-corrected chi connectivity index (χ1v) is 6.85. The lowest BCUT2D eigenvalue weighted by atomic mass is 9.88. The molecule has 0 bridgehead atoms. The normalized spacial score (nSPS) is 18.9. The van der Waals surface area contributed by atoms with Crippen molar-refractivity contribution in [2.45, 2.75) is 18.9 Å². The minimum absolute atomic E-state index is 0.176. The van der Waals surface area contributed by atoms with Crippen LogP contribution < -0.4 is 10.6 Å². The van der Waals surface area contributed by atoms with Crippen LogP contribution in [0, 0.1) is 0 Å². The quantitative estimate of drug-likeness (QED) is 0.805. The van der Waals surface area contributed by atoms with Gasteiger partial charge in [-0.2, -0.15) is 0 Å². The maximum atomic E-state index is 9.25. The van der Waals surface area contributed by atoms with Crippen molar-refractivity contribution in [3.63, 3.8) is 0 Å². The molecule has 2 N–H and O–H groups in total. The minimum atomic E-state index is -1.58. The van der Waals surface area contributed by atoms with Crippen LogP contribution in [0.4, 0.5) is 5.69 Å². The molecule has 106 valence electrons. The van der Waals surface area contributed by atoms with E-state index in [9.17, 15) is 10.0 Å². The number of hydrogen-bond donors (Lipinski definition) is 2. The van der Waals surface area contributed by atoms with E-state index in [2.05, 4.69) is 4.90 Å². The van der Waals surface area contributed by atoms with Crippen molar-refractivity contribution in [2.24, 2.45) is 0 Å². The largest absolute Gasteiger partial charge is 0.526 e. The van der Waals surface area contributed by atoms with E-state index in [-0.39, 0.29) is 5.66 Å². The summed E-state index contributed by atoms with van der Waals surface area (Å²) < 4.78 is 10.8. The summed E-state index contributed by atoms with van der Waals surface area (Å²) in [7, 11) is 0.137. The van der Waals surface area contributed by atoms with Crippen molar-refractivity contribution in [3.05, 3.63) is 24.3 Å². The zero-order chi connectivity index (χ0) is 14.1. The smallest absolute Gasteiger partial charge is 0.465 e. The van der Waals surface area contributed by atoms with Crippen molar-refractivity contribution < 1.29 is 19.2 Å². The highest BCUT2D eigenvalue weighted by Crippen LogP contribution is 2.32. The van der Waals surface area contributed by atoms with E-state index in [0.29, 0.717) is 18.2 Å². The SMILES string of the molecule is COC[C@H]1CCCN1c1cccc2oc(B(O)O)cc12. The van der Waals surface area contributed by atoms with Gasteiger partial charge in [-0.05, 0) is 31.0 Å². The Hall–Kier alpha value is -1.50. The van der Waals surface area contributed by atoms with Crippen LogP contribution in [0.15, 0.2) is 28.7 Å². The summed E-state index contributed by atoms with van der Waals surface area (Å²) in [6, 6.07) is 7.88. The Morgan fingerprint density at radius 2 is 2.30 bits per heavy atom. The summed E-state index contributed by atoms with van der Waals surface area (Å²) in [5.74, 6) is 0. The average Bonchev–Trinajstić information content (AvgIpc) is 3.04. The molecule has 1 fully saturated rings. The van der Waals surface area contributed by atoms with Crippen LogP contribution in [-0.2, 0) is 4.74 Å². The lowest BCUT2D eigenvalue weighted by Gasteiger charge is -2.26. The van der Waals surface area contributed by atoms with Gasteiger partial charge in [-0.15, -0.1) is 0 Å². The van der Waals surface area contributed by atoms with Crippen LogP contribution in [0.5, 0.6) is 0 Å². The number of nitrogens with zero attached hydrogens (tertiary/aromatic N) is 1. The number of anilines is 1. The molecular weight excluding hydrogens is 257 g/mol. The number of fused-ring (bicyclic) bond motifs is 1. The third kappa shape index (κ3) is 2.30. The van der Waals surface area contributed by atoms with Crippen molar-refractivity contribution >= 4 is 29.4 Å². The van der Waals surface area contributed by atoms with Crippen LogP contribution in [-0.4, -0.2) is 43.5 Å². The van der Waals surface area contributed by atoms with Gasteiger partial charge in [0, 0.05) is 24.7 Å². The van der Waals surface area contributed by atoms with Gasteiger partial charge in [0.25, 0.3) is 0 Å². The van der Waals surface area contributed by atoms with Crippen LogP contribution >= 0.6 is 0 Å². The Balaban J connectivity index is 2.02. The molecule has 1 aliphatic heterocycles. The standard InChI is InChI=1S/C14H18BNO4/c1-19-9-10-4-3-7-16(10)12-5-2-6-13-11(12)8-14(20-13)15(17)18/h2,5-6,8,10,17-18H,3-4,7,9H2,1H3/t10-/m1/s1. The number of ether oxygens (including phenoxy) is 1. The number of methoxy groups -OCH3 is 1. The van der Waals surface area contributed by atoms with Gasteiger partial charge >= 0.3 is 7.12 Å². The van der Waals surface area contributed by atoms with Gasteiger partial charge in [-0.1, -0.05) is 6.07 Å². The molecule has 1 saturated heterocycles. The molecule has 0 amide bonds. The molecule has 0 radical (unpaired) electrons. The molecule has 0 saturated carbocycles. The molecule has 2 heterocycles. The lowest BCUT2D eigenvalue weighted by molar-refractivity contribution is 0.181. The predicted molar refractivity (Wildman–Crippen MR) is 78.3 cm³/mol. The Kier molecular flexibility index (Phi) is 3.69. The van der Waals surface area contributed by atoms with Gasteiger partial charge in [0.05, 0.1) is 12.6 Å². The maximum Gasteiger partial charge on any atom is 0.526 e. The van der Waals surface area contributed by atoms with Gasteiger partial charge in [0.1, 0.15) is 11.2 Å². The molecule has 0 aliphatic carbocycles. The third-order valence-electron chi connectivity index (χ3n) is 3.86. The lowest BCUT2D eigenvalue weighted by Crippen LogP contribution is -2.32. The van der Waals surface area contributed by atoms with Gasteiger partial charge in [0.15, 0.2) is 0 Å². The molecule has 5 nitrogen and oxygen atoms in total. The van der Waals surface area contributed by atoms with Crippen LogP contribution in [0.3, 0.4) is 0 Å². The van der Waals surface area contributed by atoms with Gasteiger partial charge in [-0.3, -0.25) is 0 Å². The second kappa shape index (κ2) is 5.48. The summed E-state index contributed by atoms with van der Waals surface area (Å²) in [6.07, 6.45) is 2.25. The predicted octanol–water partition coefficient (Wildman–Crippen LogP) is 0.728. The van der Waals surface area contributed by atoms with Crippen molar-refractivity contribution in [2.75, 3.05) is 25.2 Å². The number of hydrogen-bond acceptors (Lipinski definition) is 5. The van der Waals surface area contributed by atoms with Gasteiger partial charge in [0.2, 0.25) is 0 Å². The highest BCUT2D eigenvalue weighted by Gasteiger charge is 2.27. The van der Waals surface area contributed by atoms with E-state index in [1.807, 2.05) is 18.2 Å². The second-order valence-electron chi connectivity index (χ2n) is 5.16. The van der Waals surface area contributed by atoms with Crippen molar-refractivity contribution in [3.8, 4) is 0 Å². The maximum absolute atomic E-state index is 9.25. The van der Waals surface area contributed by atoms with E-state index in [1.54, 1.807) is 13.2 Å². The fraction of sp³-hybridized carbons (Fsp3) is 0.429. The molecule has 3 rings (SSSR count). The van der Waals surface area contributed by atoms with E-state index in [4.69, 9.17) is 9.15 Å². The van der Waals surface area contributed by atoms with Crippen LogP contribution in [0.25, 0.3) is 11.0 Å². The van der Waals surface area contributed by atoms with E-state index < -0.39 is 7.12 Å². The monoisotopic (exact) mass is 275 g/mol. The third-order valence-corrected chi connectivity index (χ3v) is 3.86. The van der Waals surface area contributed by atoms with E-state index in [1.165, 1.54) is 0 Å². The molecule has 1 atom stereocenters. The molecule has 6 heteroatoms. The summed E-state index contributed by atoms with van der Waals surface area (Å²) >= 11 is 0. The Morgan fingerprint density at radius 3 is 3.05 bits per heavy atom. The summed E-state index contributed by atoms with van der Waals surface area (Å²) in [5, 5.41) is 19.4. The summed E-state index contributed by atoms with van der Waals surface area (Å²) in [4.78, 5) is 2.31. The Labute approximate surface area is 117 Å². The first-order valence-electron chi connectivity index (χ1n) is 6.85. The zero-order valence-electron chi connectivity index (χ0n) is 11.5. The van der Waals surface area contributed by atoms with E-state index >= 15 is 0 Å². The second-order valence-corrected chi connectivity index (χ2v) is 5.16. The number of benzene rings is 1. The molecule has 1 aromatic carbocycles. The fourth-order valence-corrected chi connectivity index (χ4v) is 2.96. The molecule has 1 aliphatic rings. The number of furan rings is 1. The molecule has 2 aromatic rings. The van der Waals surface area contributed by atoms with Gasteiger partial charge < -0.3 is 24.1 Å². The van der Waals surface area contributed by atoms with Crippen molar-refractivity contribution in [1.82, 2.24) is 0 Å². The number of rotatable bonds is 4. The van der Waals surface area contributed by atoms with Crippen molar-refractivity contribution in [1.29, 1.82) is 0 Å².